The zero-order valence-electron chi connectivity index (χ0n) is 15.5. The molecule has 3 aromatic rings. The van der Waals surface area contributed by atoms with Gasteiger partial charge in [-0.1, -0.05) is 42.5 Å². The quantitative estimate of drug-likeness (QED) is 0.595. The lowest BCUT2D eigenvalue weighted by atomic mass is 10.1. The first-order chi connectivity index (χ1) is 13.4. The van der Waals surface area contributed by atoms with E-state index in [2.05, 4.69) is 32.6 Å². The van der Waals surface area contributed by atoms with Gasteiger partial charge in [0.25, 0.3) is 0 Å². The molecule has 0 saturated heterocycles. The van der Waals surface area contributed by atoms with Crippen molar-refractivity contribution in [1.82, 2.24) is 15.2 Å². The second kappa shape index (κ2) is 8.77. The molecule has 0 saturated carbocycles. The van der Waals surface area contributed by atoms with Crippen LogP contribution in [0.25, 0.3) is 0 Å². The van der Waals surface area contributed by atoms with Crippen LogP contribution in [0.5, 0.6) is 0 Å². The Morgan fingerprint density at radius 1 is 1.04 bits per heavy atom. The lowest BCUT2D eigenvalue weighted by Crippen LogP contribution is -2.19. The molecule has 0 bridgehead atoms. The van der Waals surface area contributed by atoms with Crippen LogP contribution in [-0.2, 0) is 23.0 Å². The minimum absolute atomic E-state index is 0.103. The molecule has 0 aliphatic rings. The van der Waals surface area contributed by atoms with Crippen LogP contribution in [0.1, 0.15) is 11.1 Å². The summed E-state index contributed by atoms with van der Waals surface area (Å²) >= 11 is 0. The van der Waals surface area contributed by atoms with Crippen molar-refractivity contribution in [3.8, 4) is 0 Å². The van der Waals surface area contributed by atoms with Crippen molar-refractivity contribution in [2.24, 2.45) is 5.14 Å². The average Bonchev–Trinajstić information content (AvgIpc) is 2.69. The maximum absolute atomic E-state index is 11.3. The molecule has 0 radical (unpaired) electrons. The molecule has 0 unspecified atom stereocenters. The van der Waals surface area contributed by atoms with Gasteiger partial charge in [-0.2, -0.15) is 10.1 Å². The fourth-order valence-electron chi connectivity index (χ4n) is 2.66. The molecule has 2 aromatic carbocycles. The van der Waals surface area contributed by atoms with Gasteiger partial charge in [-0.25, -0.2) is 13.6 Å². The van der Waals surface area contributed by atoms with Gasteiger partial charge in [-0.3, -0.25) is 0 Å². The molecule has 1 heterocycles. The van der Waals surface area contributed by atoms with Crippen LogP contribution in [0.3, 0.4) is 0 Å². The standard InChI is InChI=1S/C19H22N6O2S/c1-25(14-16-5-3-2-4-6-16)18-13-22-24-19(23-18)21-12-11-15-7-9-17(10-8-15)28(20,26)27/h2-10,13H,11-12,14H2,1H3,(H2,20,26,27)(H,21,23,24). The van der Waals surface area contributed by atoms with Crippen molar-refractivity contribution in [3.05, 3.63) is 71.9 Å². The highest BCUT2D eigenvalue weighted by Gasteiger charge is 2.08. The predicted octanol–water partition coefficient (Wildman–Crippen LogP) is 1.81. The highest BCUT2D eigenvalue weighted by molar-refractivity contribution is 7.89. The third-order valence-electron chi connectivity index (χ3n) is 4.15. The van der Waals surface area contributed by atoms with Crippen LogP contribution < -0.4 is 15.4 Å². The fraction of sp³-hybridized carbons (Fsp3) is 0.211. The number of sulfonamides is 1. The summed E-state index contributed by atoms with van der Waals surface area (Å²) in [7, 11) is -1.72. The Hall–Kier alpha value is -3.04. The molecule has 8 nitrogen and oxygen atoms in total. The van der Waals surface area contributed by atoms with Crippen LogP contribution in [-0.4, -0.2) is 37.2 Å². The summed E-state index contributed by atoms with van der Waals surface area (Å²) in [6.45, 7) is 1.30. The van der Waals surface area contributed by atoms with E-state index in [1.165, 1.54) is 17.7 Å². The van der Waals surface area contributed by atoms with E-state index in [1.807, 2.05) is 30.1 Å². The van der Waals surface area contributed by atoms with Crippen molar-refractivity contribution in [2.45, 2.75) is 17.9 Å². The molecular formula is C19H22N6O2S. The van der Waals surface area contributed by atoms with Gasteiger partial charge in [0.05, 0.1) is 11.1 Å². The largest absolute Gasteiger partial charge is 0.354 e. The molecule has 0 aliphatic carbocycles. The number of anilines is 2. The lowest BCUT2D eigenvalue weighted by Gasteiger charge is -2.18. The highest BCUT2D eigenvalue weighted by atomic mass is 32.2. The normalized spacial score (nSPS) is 11.2. The minimum Gasteiger partial charge on any atom is -0.354 e. The van der Waals surface area contributed by atoms with Crippen LogP contribution in [0.15, 0.2) is 65.7 Å². The Bertz CT molecular complexity index is 1010. The van der Waals surface area contributed by atoms with Gasteiger partial charge in [0, 0.05) is 20.1 Å². The molecule has 3 rings (SSSR count). The van der Waals surface area contributed by atoms with Gasteiger partial charge in [-0.05, 0) is 29.7 Å². The molecule has 0 fully saturated rings. The summed E-state index contributed by atoms with van der Waals surface area (Å²) in [5.74, 6) is 1.16. The van der Waals surface area contributed by atoms with Gasteiger partial charge >= 0.3 is 0 Å². The molecular weight excluding hydrogens is 376 g/mol. The predicted molar refractivity (Wildman–Crippen MR) is 108 cm³/mol. The molecule has 9 heteroatoms. The zero-order chi connectivity index (χ0) is 20.0. The topological polar surface area (TPSA) is 114 Å². The van der Waals surface area contributed by atoms with Crippen LogP contribution in [0.4, 0.5) is 11.8 Å². The summed E-state index contributed by atoms with van der Waals surface area (Å²) in [4.78, 5) is 6.60. The minimum atomic E-state index is -3.67. The van der Waals surface area contributed by atoms with Crippen molar-refractivity contribution in [1.29, 1.82) is 0 Å². The van der Waals surface area contributed by atoms with Gasteiger partial charge in [-0.15, -0.1) is 5.10 Å². The van der Waals surface area contributed by atoms with Crippen LogP contribution in [0.2, 0.25) is 0 Å². The average molecular weight is 398 g/mol. The second-order valence-corrected chi connectivity index (χ2v) is 7.91. The van der Waals surface area contributed by atoms with Crippen molar-refractivity contribution < 1.29 is 8.42 Å². The SMILES string of the molecule is CN(Cc1ccccc1)c1cnnc(NCCc2ccc(S(N)(=O)=O)cc2)n1. The van der Waals surface area contributed by atoms with Gasteiger partial charge in [0.15, 0.2) is 5.82 Å². The number of nitrogens with two attached hydrogens (primary N) is 1. The Morgan fingerprint density at radius 3 is 2.43 bits per heavy atom. The van der Waals surface area contributed by atoms with Crippen LogP contribution in [0, 0.1) is 0 Å². The van der Waals surface area contributed by atoms with Gasteiger partial charge in [0.1, 0.15) is 0 Å². The zero-order valence-corrected chi connectivity index (χ0v) is 16.3. The molecule has 1 aromatic heterocycles. The number of hydrogen-bond acceptors (Lipinski definition) is 7. The maximum atomic E-state index is 11.3. The lowest BCUT2D eigenvalue weighted by molar-refractivity contribution is 0.598. The molecule has 28 heavy (non-hydrogen) atoms. The fourth-order valence-corrected chi connectivity index (χ4v) is 3.17. The first-order valence-electron chi connectivity index (χ1n) is 8.72. The van der Waals surface area contributed by atoms with Gasteiger partial charge in [0.2, 0.25) is 16.0 Å². The first-order valence-corrected chi connectivity index (χ1v) is 10.3. The van der Waals surface area contributed by atoms with E-state index in [-0.39, 0.29) is 4.90 Å². The number of primary sulfonamides is 1. The maximum Gasteiger partial charge on any atom is 0.244 e. The molecule has 3 N–H and O–H groups in total. The van der Waals surface area contributed by atoms with E-state index in [9.17, 15) is 8.42 Å². The Labute approximate surface area is 164 Å². The number of benzene rings is 2. The van der Waals surface area contributed by atoms with E-state index in [0.717, 1.165) is 17.9 Å². The summed E-state index contributed by atoms with van der Waals surface area (Å²) in [5, 5.41) is 16.3. The summed E-state index contributed by atoms with van der Waals surface area (Å²) in [6.07, 6.45) is 2.30. The molecule has 146 valence electrons. The molecule has 0 aliphatic heterocycles. The third kappa shape index (κ3) is 5.48. The van der Waals surface area contributed by atoms with E-state index in [1.54, 1.807) is 18.3 Å². The third-order valence-corrected chi connectivity index (χ3v) is 5.08. The summed E-state index contributed by atoms with van der Waals surface area (Å²) in [5.41, 5.74) is 2.16. The number of nitrogens with one attached hydrogen (secondary N) is 1. The van der Waals surface area contributed by atoms with Crippen molar-refractivity contribution >= 4 is 21.8 Å². The number of rotatable bonds is 8. The second-order valence-electron chi connectivity index (χ2n) is 6.35. The van der Waals surface area contributed by atoms with E-state index in [4.69, 9.17) is 5.14 Å². The monoisotopic (exact) mass is 398 g/mol. The summed E-state index contributed by atoms with van der Waals surface area (Å²) in [6, 6.07) is 16.6. The number of nitrogens with zero attached hydrogens (tertiary/aromatic N) is 4. The van der Waals surface area contributed by atoms with Crippen LogP contribution >= 0.6 is 0 Å². The Balaban J connectivity index is 1.56. The first kappa shape index (κ1) is 19.7. The molecule has 0 atom stereocenters. The van der Waals surface area contributed by atoms with Crippen molar-refractivity contribution in [2.75, 3.05) is 23.8 Å². The van der Waals surface area contributed by atoms with Crippen molar-refractivity contribution in [3.63, 3.8) is 0 Å². The van der Waals surface area contributed by atoms with E-state index in [0.29, 0.717) is 18.9 Å². The molecule has 0 amide bonds. The number of aromatic nitrogens is 3. The van der Waals surface area contributed by atoms with E-state index < -0.39 is 10.0 Å². The number of hydrogen-bond donors (Lipinski definition) is 2. The van der Waals surface area contributed by atoms with Gasteiger partial charge < -0.3 is 10.2 Å². The smallest absolute Gasteiger partial charge is 0.244 e. The van der Waals surface area contributed by atoms with E-state index >= 15 is 0 Å². The Morgan fingerprint density at radius 2 is 1.75 bits per heavy atom. The molecule has 0 spiro atoms. The summed E-state index contributed by atoms with van der Waals surface area (Å²) < 4.78 is 22.6. The highest BCUT2D eigenvalue weighted by Crippen LogP contribution is 2.13. The Kier molecular flexibility index (Phi) is 6.17.